The highest BCUT2D eigenvalue weighted by Gasteiger charge is 2.34. The Hall–Kier alpha value is -2.87. The van der Waals surface area contributed by atoms with Crippen LogP contribution in [-0.4, -0.2) is 57.8 Å². The van der Waals surface area contributed by atoms with Gasteiger partial charge in [0.2, 0.25) is 0 Å². The number of thioether (sulfide) groups is 1. The van der Waals surface area contributed by atoms with Crippen molar-refractivity contribution >= 4 is 46.1 Å². The Morgan fingerprint density at radius 3 is 2.62 bits per heavy atom. The Bertz CT molecular complexity index is 1230. The van der Waals surface area contributed by atoms with E-state index < -0.39 is 0 Å². The molecule has 2 aliphatic heterocycles. The number of nitriles is 1. The second-order valence-electron chi connectivity index (χ2n) is 8.44. The van der Waals surface area contributed by atoms with Crippen LogP contribution in [0.4, 0.5) is 5.82 Å². The summed E-state index contributed by atoms with van der Waals surface area (Å²) in [5.74, 6) is 1.21. The molecule has 2 aromatic rings. The smallest absolute Gasteiger partial charge is 0.270 e. The molecule has 178 valence electrons. The fraction of sp³-hybridized carbons (Fsp3) is 0.417. The molecule has 2 saturated heterocycles. The Balaban J connectivity index is 1.83. The first-order valence-corrected chi connectivity index (χ1v) is 12.5. The van der Waals surface area contributed by atoms with Crippen LogP contribution in [0.1, 0.15) is 35.8 Å². The van der Waals surface area contributed by atoms with Gasteiger partial charge in [-0.05, 0) is 44.2 Å². The molecule has 1 amide bonds. The van der Waals surface area contributed by atoms with Gasteiger partial charge < -0.3 is 14.2 Å². The van der Waals surface area contributed by atoms with Crippen LogP contribution in [0.25, 0.3) is 6.08 Å². The van der Waals surface area contributed by atoms with Gasteiger partial charge in [-0.1, -0.05) is 30.9 Å². The molecule has 34 heavy (non-hydrogen) atoms. The minimum Gasteiger partial charge on any atom is -0.467 e. The summed E-state index contributed by atoms with van der Waals surface area (Å²) in [6.07, 6.45) is 4.12. The Morgan fingerprint density at radius 1 is 1.26 bits per heavy atom. The van der Waals surface area contributed by atoms with Gasteiger partial charge in [0, 0.05) is 38.3 Å². The summed E-state index contributed by atoms with van der Waals surface area (Å²) in [7, 11) is 2.08. The maximum absolute atomic E-state index is 13.3. The highest BCUT2D eigenvalue weighted by molar-refractivity contribution is 8.26. The summed E-state index contributed by atoms with van der Waals surface area (Å²) >= 11 is 6.72. The number of rotatable bonds is 6. The summed E-state index contributed by atoms with van der Waals surface area (Å²) < 4.78 is 7.54. The molecule has 4 heterocycles. The molecule has 0 aromatic carbocycles. The monoisotopic (exact) mass is 497 g/mol. The van der Waals surface area contributed by atoms with E-state index in [0.29, 0.717) is 27.1 Å². The number of carbonyl (C=O) groups is 1. The Kier molecular flexibility index (Phi) is 7.26. The molecule has 4 rings (SSSR count). The lowest BCUT2D eigenvalue weighted by atomic mass is 10.0. The third-order valence-corrected chi connectivity index (χ3v) is 7.52. The summed E-state index contributed by atoms with van der Waals surface area (Å²) in [6.45, 7) is 7.79. The molecule has 8 nitrogen and oxygen atoms in total. The molecule has 2 aliphatic rings. The number of likely N-dealkylation sites (N-methyl/N-ethyl adjacent to an activating group) is 1. The average Bonchev–Trinajstić information content (AvgIpc) is 3.42. The summed E-state index contributed by atoms with van der Waals surface area (Å²) in [5, 5.41) is 9.78. The topological polar surface area (TPSA) is 85.7 Å². The SMILES string of the molecule is CCCn1c(N2CCN(C)CC2)c(/C=C2/SC(=S)N(Cc3ccco3)C2=O)c(C)c(C#N)c1=O. The van der Waals surface area contributed by atoms with Crippen LogP contribution in [0.5, 0.6) is 0 Å². The predicted octanol–water partition coefficient (Wildman–Crippen LogP) is 3.18. The number of carbonyl (C=O) groups excluding carboxylic acids is 1. The maximum Gasteiger partial charge on any atom is 0.270 e. The summed E-state index contributed by atoms with van der Waals surface area (Å²) in [4.78, 5) is 32.9. The van der Waals surface area contributed by atoms with Crippen LogP contribution in [0.15, 0.2) is 32.5 Å². The Morgan fingerprint density at radius 2 is 2.00 bits per heavy atom. The normalized spacial score (nSPS) is 18.2. The molecule has 2 aromatic heterocycles. The second-order valence-corrected chi connectivity index (χ2v) is 10.1. The van der Waals surface area contributed by atoms with Crippen LogP contribution >= 0.6 is 24.0 Å². The molecule has 0 bridgehead atoms. The van der Waals surface area contributed by atoms with E-state index in [9.17, 15) is 14.9 Å². The zero-order chi connectivity index (χ0) is 24.4. The van der Waals surface area contributed by atoms with E-state index in [4.69, 9.17) is 16.6 Å². The van der Waals surface area contributed by atoms with Crippen LogP contribution in [0.3, 0.4) is 0 Å². The van der Waals surface area contributed by atoms with E-state index in [-0.39, 0.29) is 23.6 Å². The predicted molar refractivity (Wildman–Crippen MR) is 138 cm³/mol. The van der Waals surface area contributed by atoms with E-state index in [1.807, 2.05) is 6.92 Å². The van der Waals surface area contributed by atoms with Crippen molar-refractivity contribution in [2.45, 2.75) is 33.4 Å². The van der Waals surface area contributed by atoms with Gasteiger partial charge in [0.25, 0.3) is 11.5 Å². The number of anilines is 1. The molecule has 0 aliphatic carbocycles. The highest BCUT2D eigenvalue weighted by Crippen LogP contribution is 2.36. The molecule has 2 fully saturated rings. The third kappa shape index (κ3) is 4.56. The zero-order valence-corrected chi connectivity index (χ0v) is 21.2. The molecule has 0 spiro atoms. The van der Waals surface area contributed by atoms with Gasteiger partial charge >= 0.3 is 0 Å². The van der Waals surface area contributed by atoms with Gasteiger partial charge in [0.15, 0.2) is 0 Å². The zero-order valence-electron chi connectivity index (χ0n) is 19.5. The number of furan rings is 1. The van der Waals surface area contributed by atoms with Crippen molar-refractivity contribution in [1.82, 2.24) is 14.4 Å². The van der Waals surface area contributed by atoms with Gasteiger partial charge in [-0.15, -0.1) is 0 Å². The van der Waals surface area contributed by atoms with Gasteiger partial charge in [-0.2, -0.15) is 5.26 Å². The van der Waals surface area contributed by atoms with Gasteiger partial charge in [0.05, 0.1) is 17.7 Å². The largest absolute Gasteiger partial charge is 0.467 e. The Labute approximate surface area is 208 Å². The molecule has 0 radical (unpaired) electrons. The van der Waals surface area contributed by atoms with Crippen molar-refractivity contribution in [3.05, 3.63) is 56.1 Å². The third-order valence-electron chi connectivity index (χ3n) is 6.14. The number of amides is 1. The fourth-order valence-corrected chi connectivity index (χ4v) is 5.50. The number of aromatic nitrogens is 1. The highest BCUT2D eigenvalue weighted by atomic mass is 32.2. The summed E-state index contributed by atoms with van der Waals surface area (Å²) in [5.41, 5.74) is 1.15. The molecule has 0 unspecified atom stereocenters. The van der Waals surface area contributed by atoms with Crippen LogP contribution in [0.2, 0.25) is 0 Å². The van der Waals surface area contributed by atoms with Crippen molar-refractivity contribution in [3.8, 4) is 6.07 Å². The summed E-state index contributed by atoms with van der Waals surface area (Å²) in [6, 6.07) is 5.67. The lowest BCUT2D eigenvalue weighted by Crippen LogP contribution is -2.47. The van der Waals surface area contributed by atoms with Crippen molar-refractivity contribution < 1.29 is 9.21 Å². The van der Waals surface area contributed by atoms with Crippen LogP contribution in [0, 0.1) is 18.3 Å². The van der Waals surface area contributed by atoms with E-state index >= 15 is 0 Å². The minimum absolute atomic E-state index is 0.114. The standard InChI is InChI=1S/C24H27N5O3S2/c1-4-7-28-21(27-10-8-26(3)9-11-27)18(16(2)19(14-25)22(28)30)13-20-23(31)29(24(33)34-20)15-17-6-5-12-32-17/h5-6,12-13H,4,7-11,15H2,1-3H3/b20-13+. The van der Waals surface area contributed by atoms with E-state index in [1.54, 1.807) is 36.0 Å². The first-order valence-electron chi connectivity index (χ1n) is 11.2. The first kappa shape index (κ1) is 24.3. The van der Waals surface area contributed by atoms with E-state index in [2.05, 4.69) is 22.9 Å². The van der Waals surface area contributed by atoms with Crippen molar-refractivity contribution in [1.29, 1.82) is 5.26 Å². The molecule has 0 N–H and O–H groups in total. The second kappa shape index (κ2) is 10.2. The number of thiocarbonyl (C=S) groups is 1. The minimum atomic E-state index is -0.279. The number of piperazine rings is 1. The van der Waals surface area contributed by atoms with Crippen molar-refractivity contribution in [2.24, 2.45) is 0 Å². The number of pyridine rings is 1. The first-order chi connectivity index (χ1) is 16.3. The van der Waals surface area contributed by atoms with Crippen molar-refractivity contribution in [2.75, 3.05) is 38.1 Å². The van der Waals surface area contributed by atoms with Crippen LogP contribution in [-0.2, 0) is 17.9 Å². The van der Waals surface area contributed by atoms with Gasteiger partial charge in [-0.3, -0.25) is 19.1 Å². The number of hydrogen-bond acceptors (Lipinski definition) is 8. The lowest BCUT2D eigenvalue weighted by Gasteiger charge is -2.36. The van der Waals surface area contributed by atoms with Gasteiger partial charge in [-0.25, -0.2) is 0 Å². The molecule has 0 atom stereocenters. The van der Waals surface area contributed by atoms with Crippen LogP contribution < -0.4 is 10.5 Å². The number of nitrogens with zero attached hydrogens (tertiary/aromatic N) is 5. The molecule has 0 saturated carbocycles. The van der Waals surface area contributed by atoms with Crippen molar-refractivity contribution in [3.63, 3.8) is 0 Å². The van der Waals surface area contributed by atoms with E-state index in [1.165, 1.54) is 16.7 Å². The average molecular weight is 498 g/mol. The fourth-order valence-electron chi connectivity index (χ4n) is 4.26. The number of hydrogen-bond donors (Lipinski definition) is 0. The maximum atomic E-state index is 13.3. The lowest BCUT2D eigenvalue weighted by molar-refractivity contribution is -0.122. The van der Waals surface area contributed by atoms with Gasteiger partial charge in [0.1, 0.15) is 27.5 Å². The molecular formula is C24H27N5O3S2. The molecular weight excluding hydrogens is 470 g/mol. The van der Waals surface area contributed by atoms with E-state index in [0.717, 1.165) is 44.0 Å². The quantitative estimate of drug-likeness (QED) is 0.444. The molecule has 10 heteroatoms.